The van der Waals surface area contributed by atoms with Crippen LogP contribution in [0.3, 0.4) is 0 Å². The summed E-state index contributed by atoms with van der Waals surface area (Å²) in [5.41, 5.74) is 2.75. The maximum Gasteiger partial charge on any atom is 0.109 e. The Bertz CT molecular complexity index is 555. The molecule has 0 spiro atoms. The van der Waals surface area contributed by atoms with Crippen LogP contribution < -0.4 is 5.32 Å². The molecule has 0 aliphatic carbocycles. The van der Waals surface area contributed by atoms with E-state index in [2.05, 4.69) is 26.4 Å². The van der Waals surface area contributed by atoms with Gasteiger partial charge in [0.25, 0.3) is 0 Å². The van der Waals surface area contributed by atoms with E-state index < -0.39 is 0 Å². The molecule has 0 bridgehead atoms. The summed E-state index contributed by atoms with van der Waals surface area (Å²) in [7, 11) is 0. The zero-order valence-electron chi connectivity index (χ0n) is 12.9. The molecule has 114 valence electrons. The van der Waals surface area contributed by atoms with Crippen molar-refractivity contribution in [2.24, 2.45) is 0 Å². The first-order valence-electron chi connectivity index (χ1n) is 8.12. The topological polar surface area (TPSA) is 47.7 Å². The van der Waals surface area contributed by atoms with Crippen LogP contribution in [-0.2, 0) is 32.5 Å². The predicted octanol–water partition coefficient (Wildman–Crippen LogP) is 2.16. The lowest BCUT2D eigenvalue weighted by Crippen LogP contribution is -2.25. The molecule has 0 fully saturated rings. The van der Waals surface area contributed by atoms with Crippen LogP contribution in [0.15, 0.2) is 18.7 Å². The van der Waals surface area contributed by atoms with E-state index in [1.807, 2.05) is 18.7 Å². The van der Waals surface area contributed by atoms with E-state index in [0.29, 0.717) is 0 Å². The van der Waals surface area contributed by atoms with Gasteiger partial charge in [0, 0.05) is 57.1 Å². The molecule has 0 unspecified atom stereocenters. The van der Waals surface area contributed by atoms with Gasteiger partial charge in [0.05, 0.1) is 12.0 Å². The fraction of sp³-hybridized carbons (Fsp3) is 0.625. The van der Waals surface area contributed by atoms with Gasteiger partial charge >= 0.3 is 0 Å². The maximum absolute atomic E-state index is 4.85. The van der Waals surface area contributed by atoms with Crippen molar-refractivity contribution in [2.75, 3.05) is 6.54 Å². The molecule has 2 aromatic heterocycles. The second-order valence-electron chi connectivity index (χ2n) is 5.76. The molecule has 1 aliphatic heterocycles. The molecular formula is C16H25N5. The average Bonchev–Trinajstić information content (AvgIpc) is 3.12. The number of nitrogens with one attached hydrogen (secondary N) is 1. The van der Waals surface area contributed by atoms with E-state index in [9.17, 15) is 0 Å². The summed E-state index contributed by atoms with van der Waals surface area (Å²) < 4.78 is 4.65. The summed E-state index contributed by atoms with van der Waals surface area (Å²) in [5, 5.41) is 3.42. The van der Waals surface area contributed by atoms with Crippen LogP contribution in [0.4, 0.5) is 0 Å². The van der Waals surface area contributed by atoms with Gasteiger partial charge in [-0.05, 0) is 19.3 Å². The minimum absolute atomic E-state index is 0.939. The van der Waals surface area contributed by atoms with Gasteiger partial charge in [-0.15, -0.1) is 0 Å². The van der Waals surface area contributed by atoms with E-state index in [-0.39, 0.29) is 0 Å². The first kappa shape index (κ1) is 14.3. The Morgan fingerprint density at radius 2 is 2.19 bits per heavy atom. The first-order chi connectivity index (χ1) is 10.4. The quantitative estimate of drug-likeness (QED) is 0.794. The van der Waals surface area contributed by atoms with Crippen molar-refractivity contribution in [3.05, 3.63) is 35.9 Å². The molecular weight excluding hydrogens is 262 g/mol. The molecule has 2 aromatic rings. The fourth-order valence-corrected chi connectivity index (χ4v) is 3.09. The normalized spacial score (nSPS) is 14.3. The van der Waals surface area contributed by atoms with Crippen molar-refractivity contribution in [1.82, 2.24) is 24.4 Å². The van der Waals surface area contributed by atoms with Crippen LogP contribution in [0, 0.1) is 0 Å². The van der Waals surface area contributed by atoms with Gasteiger partial charge in [-0.25, -0.2) is 9.97 Å². The van der Waals surface area contributed by atoms with Gasteiger partial charge in [0.2, 0.25) is 0 Å². The van der Waals surface area contributed by atoms with Crippen LogP contribution in [0.1, 0.15) is 43.4 Å². The number of rotatable bonds is 7. The van der Waals surface area contributed by atoms with Crippen molar-refractivity contribution in [1.29, 1.82) is 0 Å². The van der Waals surface area contributed by atoms with Crippen LogP contribution in [0.25, 0.3) is 0 Å². The summed E-state index contributed by atoms with van der Waals surface area (Å²) in [6.07, 6.45) is 11.5. The van der Waals surface area contributed by atoms with Crippen LogP contribution in [0.2, 0.25) is 0 Å². The third-order valence-electron chi connectivity index (χ3n) is 4.15. The molecule has 1 N–H and O–H groups in total. The number of aryl methyl sites for hydroxylation is 2. The Hall–Kier alpha value is -1.62. The highest BCUT2D eigenvalue weighted by Crippen LogP contribution is 2.18. The first-order valence-corrected chi connectivity index (χ1v) is 8.12. The largest absolute Gasteiger partial charge is 0.337 e. The van der Waals surface area contributed by atoms with Crippen LogP contribution in [-0.4, -0.2) is 25.6 Å². The number of hydrogen-bond acceptors (Lipinski definition) is 3. The molecule has 0 aromatic carbocycles. The molecule has 0 amide bonds. The predicted molar refractivity (Wildman–Crippen MR) is 83.1 cm³/mol. The van der Waals surface area contributed by atoms with Gasteiger partial charge in [0.1, 0.15) is 5.82 Å². The Balaban J connectivity index is 1.61. The number of imidazole rings is 2. The molecule has 0 saturated heterocycles. The number of aromatic nitrogens is 4. The highest BCUT2D eigenvalue weighted by Gasteiger charge is 2.18. The smallest absolute Gasteiger partial charge is 0.109 e. The third kappa shape index (κ3) is 3.35. The summed E-state index contributed by atoms with van der Waals surface area (Å²) >= 11 is 0. The number of hydrogen-bond donors (Lipinski definition) is 1. The van der Waals surface area contributed by atoms with Gasteiger partial charge < -0.3 is 14.5 Å². The highest BCUT2D eigenvalue weighted by atomic mass is 15.1. The van der Waals surface area contributed by atoms with E-state index in [1.165, 1.54) is 36.5 Å². The molecule has 3 rings (SSSR count). The molecule has 5 nitrogen and oxygen atoms in total. The molecule has 5 heteroatoms. The van der Waals surface area contributed by atoms with Crippen molar-refractivity contribution < 1.29 is 0 Å². The molecule has 1 aliphatic rings. The van der Waals surface area contributed by atoms with Gasteiger partial charge in [0.15, 0.2) is 0 Å². The number of fused-ring (bicyclic) bond motifs is 1. The lowest BCUT2D eigenvalue weighted by atomic mass is 10.2. The second-order valence-corrected chi connectivity index (χ2v) is 5.76. The van der Waals surface area contributed by atoms with Gasteiger partial charge in [-0.3, -0.25) is 0 Å². The van der Waals surface area contributed by atoms with E-state index in [0.717, 1.165) is 39.0 Å². The second kappa shape index (κ2) is 6.89. The van der Waals surface area contributed by atoms with E-state index in [1.54, 1.807) is 0 Å². The van der Waals surface area contributed by atoms with Gasteiger partial charge in [-0.2, -0.15) is 0 Å². The minimum Gasteiger partial charge on any atom is -0.337 e. The van der Waals surface area contributed by atoms with Gasteiger partial charge in [-0.1, -0.05) is 6.92 Å². The number of nitrogens with zero attached hydrogens (tertiary/aromatic N) is 4. The Morgan fingerprint density at radius 1 is 1.29 bits per heavy atom. The summed E-state index contributed by atoms with van der Waals surface area (Å²) in [4.78, 5) is 8.94. The zero-order valence-corrected chi connectivity index (χ0v) is 12.9. The van der Waals surface area contributed by atoms with Crippen molar-refractivity contribution in [3.63, 3.8) is 0 Å². The lowest BCUT2D eigenvalue weighted by molar-refractivity contribution is 0.518. The minimum atomic E-state index is 0.939. The standard InChI is InChI=1S/C16H25N5/c1-2-5-16-19-14-12-17-7-6-15(14)21(16)10-4-3-9-20-11-8-18-13-20/h8,11,13,17H,2-7,9-10,12H2,1H3. The molecule has 3 heterocycles. The van der Waals surface area contributed by atoms with Crippen molar-refractivity contribution in [3.8, 4) is 0 Å². The fourth-order valence-electron chi connectivity index (χ4n) is 3.09. The summed E-state index contributed by atoms with van der Waals surface area (Å²) in [6, 6.07) is 0. The Morgan fingerprint density at radius 3 is 3.00 bits per heavy atom. The van der Waals surface area contributed by atoms with Crippen LogP contribution in [0.5, 0.6) is 0 Å². The Labute approximate surface area is 126 Å². The SMILES string of the molecule is CCCc1nc2c(n1CCCCn1ccnc1)CCNC2. The lowest BCUT2D eigenvalue weighted by Gasteiger charge is -2.16. The third-order valence-corrected chi connectivity index (χ3v) is 4.15. The monoisotopic (exact) mass is 287 g/mol. The molecule has 0 saturated carbocycles. The summed E-state index contributed by atoms with van der Waals surface area (Å²) in [6.45, 7) is 6.41. The van der Waals surface area contributed by atoms with Crippen LogP contribution >= 0.6 is 0 Å². The maximum atomic E-state index is 4.85. The molecule has 0 atom stereocenters. The molecule has 21 heavy (non-hydrogen) atoms. The zero-order chi connectivity index (χ0) is 14.5. The van der Waals surface area contributed by atoms with E-state index in [4.69, 9.17) is 4.98 Å². The highest BCUT2D eigenvalue weighted by molar-refractivity contribution is 5.20. The number of unbranched alkanes of at least 4 members (excludes halogenated alkanes) is 1. The van der Waals surface area contributed by atoms with E-state index >= 15 is 0 Å². The van der Waals surface area contributed by atoms with Crippen molar-refractivity contribution in [2.45, 2.75) is 58.7 Å². The Kier molecular flexibility index (Phi) is 4.70. The average molecular weight is 287 g/mol. The molecule has 0 radical (unpaired) electrons. The summed E-state index contributed by atoms with van der Waals surface area (Å²) in [5.74, 6) is 1.29. The van der Waals surface area contributed by atoms with Crippen molar-refractivity contribution >= 4 is 0 Å².